The summed E-state index contributed by atoms with van der Waals surface area (Å²) in [5.41, 5.74) is 2.25. The van der Waals surface area contributed by atoms with Crippen molar-refractivity contribution in [2.24, 2.45) is 0 Å². The molecule has 1 aromatic rings. The van der Waals surface area contributed by atoms with E-state index in [0.717, 1.165) is 25.1 Å². The molecule has 2 amide bonds. The summed E-state index contributed by atoms with van der Waals surface area (Å²) in [6.45, 7) is 6.46. The summed E-state index contributed by atoms with van der Waals surface area (Å²) in [6, 6.07) is 8.07. The molecule has 1 aromatic carbocycles. The Morgan fingerprint density at radius 2 is 2.00 bits per heavy atom. The van der Waals surface area contributed by atoms with E-state index in [9.17, 15) is 9.59 Å². The fourth-order valence-electron chi connectivity index (χ4n) is 2.80. The van der Waals surface area contributed by atoms with Crippen molar-refractivity contribution in [3.05, 3.63) is 29.8 Å². The van der Waals surface area contributed by atoms with Gasteiger partial charge >= 0.3 is 0 Å². The first kappa shape index (κ1) is 16.5. The van der Waals surface area contributed by atoms with E-state index < -0.39 is 0 Å². The van der Waals surface area contributed by atoms with Gasteiger partial charge in [0.1, 0.15) is 0 Å². The average molecular weight is 303 g/mol. The molecule has 1 aliphatic heterocycles. The van der Waals surface area contributed by atoms with Crippen LogP contribution in [0.15, 0.2) is 24.3 Å². The van der Waals surface area contributed by atoms with Crippen molar-refractivity contribution in [1.82, 2.24) is 10.2 Å². The molecule has 120 valence electrons. The highest BCUT2D eigenvalue weighted by molar-refractivity contribution is 5.96. The number of benzene rings is 1. The number of rotatable bonds is 6. The Labute approximate surface area is 132 Å². The molecule has 5 heteroatoms. The van der Waals surface area contributed by atoms with Crippen molar-refractivity contribution < 1.29 is 9.59 Å². The van der Waals surface area contributed by atoms with E-state index in [1.54, 1.807) is 0 Å². The number of likely N-dealkylation sites (N-methyl/N-ethyl adjacent to an activating group) is 2. The summed E-state index contributed by atoms with van der Waals surface area (Å²) in [7, 11) is 0. The van der Waals surface area contributed by atoms with Crippen LogP contribution in [0.25, 0.3) is 0 Å². The second-order valence-corrected chi connectivity index (χ2v) is 5.53. The van der Waals surface area contributed by atoms with Crippen LogP contribution < -0.4 is 10.2 Å². The van der Waals surface area contributed by atoms with E-state index in [0.29, 0.717) is 13.1 Å². The molecule has 0 saturated heterocycles. The van der Waals surface area contributed by atoms with Gasteiger partial charge in [-0.25, -0.2) is 0 Å². The van der Waals surface area contributed by atoms with Gasteiger partial charge in [-0.3, -0.25) is 14.5 Å². The molecule has 0 unspecified atom stereocenters. The van der Waals surface area contributed by atoms with Gasteiger partial charge in [0.25, 0.3) is 0 Å². The zero-order chi connectivity index (χ0) is 15.9. The van der Waals surface area contributed by atoms with Crippen molar-refractivity contribution in [3.63, 3.8) is 0 Å². The Bertz CT molecular complexity index is 530. The fraction of sp³-hybridized carbons (Fsp3) is 0.529. The normalized spacial score (nSPS) is 13.9. The SMILES string of the molecule is CCNC(=O)CN(CC)CC(=O)N1CCCc2ccccc21. The topological polar surface area (TPSA) is 52.7 Å². The minimum atomic E-state index is -0.0313. The minimum Gasteiger partial charge on any atom is -0.355 e. The molecule has 0 fully saturated rings. The predicted molar refractivity (Wildman–Crippen MR) is 87.9 cm³/mol. The standard InChI is InChI=1S/C17H25N3O2/c1-3-18-16(21)12-19(4-2)13-17(22)20-11-7-9-14-8-5-6-10-15(14)20/h5-6,8,10H,3-4,7,9,11-13H2,1-2H3,(H,18,21). The maximum Gasteiger partial charge on any atom is 0.241 e. The van der Waals surface area contributed by atoms with Gasteiger partial charge in [0.15, 0.2) is 0 Å². The van der Waals surface area contributed by atoms with E-state index in [4.69, 9.17) is 0 Å². The predicted octanol–water partition coefficient (Wildman–Crippen LogP) is 1.42. The molecule has 0 aromatic heterocycles. The highest BCUT2D eigenvalue weighted by Gasteiger charge is 2.23. The Kier molecular flexibility index (Phi) is 5.95. The first-order valence-electron chi connectivity index (χ1n) is 8.03. The third-order valence-electron chi connectivity index (χ3n) is 3.96. The zero-order valence-corrected chi connectivity index (χ0v) is 13.5. The molecule has 5 nitrogen and oxygen atoms in total. The highest BCUT2D eigenvalue weighted by Crippen LogP contribution is 2.26. The Balaban J connectivity index is 2.01. The van der Waals surface area contributed by atoms with Crippen LogP contribution >= 0.6 is 0 Å². The monoisotopic (exact) mass is 303 g/mol. The first-order chi connectivity index (χ1) is 10.7. The Morgan fingerprint density at radius 1 is 1.23 bits per heavy atom. The molecule has 0 spiro atoms. The molecular formula is C17H25N3O2. The number of hydrogen-bond acceptors (Lipinski definition) is 3. The second kappa shape index (κ2) is 7.94. The molecule has 1 N–H and O–H groups in total. The fourth-order valence-corrected chi connectivity index (χ4v) is 2.80. The van der Waals surface area contributed by atoms with E-state index in [1.165, 1.54) is 5.56 Å². The number of aryl methyl sites for hydroxylation is 1. The van der Waals surface area contributed by atoms with Crippen molar-refractivity contribution in [2.75, 3.05) is 37.6 Å². The summed E-state index contributed by atoms with van der Waals surface area (Å²) < 4.78 is 0. The molecule has 0 saturated carbocycles. The van der Waals surface area contributed by atoms with Crippen LogP contribution in [0, 0.1) is 0 Å². The summed E-state index contributed by atoms with van der Waals surface area (Å²) >= 11 is 0. The maximum absolute atomic E-state index is 12.6. The van der Waals surface area contributed by atoms with Crippen LogP contribution in [0.2, 0.25) is 0 Å². The number of carbonyl (C=O) groups is 2. The van der Waals surface area contributed by atoms with Crippen LogP contribution in [0.5, 0.6) is 0 Å². The zero-order valence-electron chi connectivity index (χ0n) is 13.5. The smallest absolute Gasteiger partial charge is 0.241 e. The third-order valence-corrected chi connectivity index (χ3v) is 3.96. The molecule has 2 rings (SSSR count). The number of nitrogens with one attached hydrogen (secondary N) is 1. The number of hydrogen-bond donors (Lipinski definition) is 1. The van der Waals surface area contributed by atoms with Crippen molar-refractivity contribution in [3.8, 4) is 0 Å². The van der Waals surface area contributed by atoms with Crippen molar-refractivity contribution in [1.29, 1.82) is 0 Å². The largest absolute Gasteiger partial charge is 0.355 e. The van der Waals surface area contributed by atoms with Crippen molar-refractivity contribution >= 4 is 17.5 Å². The molecule has 0 radical (unpaired) electrons. The van der Waals surface area contributed by atoms with Crippen molar-refractivity contribution in [2.45, 2.75) is 26.7 Å². The minimum absolute atomic E-state index is 0.0313. The lowest BCUT2D eigenvalue weighted by molar-refractivity contribution is -0.124. The summed E-state index contributed by atoms with van der Waals surface area (Å²) in [5.74, 6) is 0.0366. The van der Waals surface area contributed by atoms with Gasteiger partial charge in [-0.15, -0.1) is 0 Å². The van der Waals surface area contributed by atoms with Crippen LogP contribution in [0.1, 0.15) is 25.8 Å². The van der Waals surface area contributed by atoms with Crippen LogP contribution in [0.4, 0.5) is 5.69 Å². The first-order valence-corrected chi connectivity index (χ1v) is 8.03. The van der Waals surface area contributed by atoms with E-state index in [-0.39, 0.29) is 24.9 Å². The van der Waals surface area contributed by atoms with Gasteiger partial charge < -0.3 is 10.2 Å². The van der Waals surface area contributed by atoms with Gasteiger partial charge in [-0.05, 0) is 37.9 Å². The summed E-state index contributed by atoms with van der Waals surface area (Å²) in [4.78, 5) is 28.1. The maximum atomic E-state index is 12.6. The molecule has 0 aliphatic carbocycles. The van der Waals surface area contributed by atoms with Crippen LogP contribution in [0.3, 0.4) is 0 Å². The molecule has 22 heavy (non-hydrogen) atoms. The molecule has 0 atom stereocenters. The number of para-hydroxylation sites is 1. The third kappa shape index (κ3) is 4.07. The number of fused-ring (bicyclic) bond motifs is 1. The lowest BCUT2D eigenvalue weighted by Gasteiger charge is -2.31. The lowest BCUT2D eigenvalue weighted by atomic mass is 10.0. The van der Waals surface area contributed by atoms with E-state index in [1.807, 2.05) is 41.8 Å². The second-order valence-electron chi connectivity index (χ2n) is 5.53. The van der Waals surface area contributed by atoms with Gasteiger partial charge in [0.2, 0.25) is 11.8 Å². The van der Waals surface area contributed by atoms with Gasteiger partial charge in [-0.2, -0.15) is 0 Å². The van der Waals surface area contributed by atoms with Gasteiger partial charge in [0.05, 0.1) is 13.1 Å². The lowest BCUT2D eigenvalue weighted by Crippen LogP contribution is -2.45. The quantitative estimate of drug-likeness (QED) is 0.865. The number of nitrogens with zero attached hydrogens (tertiary/aromatic N) is 2. The Morgan fingerprint density at radius 3 is 2.73 bits per heavy atom. The summed E-state index contributed by atoms with van der Waals surface area (Å²) in [6.07, 6.45) is 2.02. The van der Waals surface area contributed by atoms with Crippen LogP contribution in [-0.4, -0.2) is 49.4 Å². The van der Waals surface area contributed by atoms with Crippen LogP contribution in [-0.2, 0) is 16.0 Å². The average Bonchev–Trinajstić information content (AvgIpc) is 2.53. The molecule has 1 heterocycles. The number of carbonyl (C=O) groups excluding carboxylic acids is 2. The number of amides is 2. The Hall–Kier alpha value is -1.88. The van der Waals surface area contributed by atoms with E-state index >= 15 is 0 Å². The molecular weight excluding hydrogens is 278 g/mol. The number of anilines is 1. The molecule has 1 aliphatic rings. The highest BCUT2D eigenvalue weighted by atomic mass is 16.2. The van der Waals surface area contributed by atoms with Gasteiger partial charge in [0, 0.05) is 18.8 Å². The van der Waals surface area contributed by atoms with Gasteiger partial charge in [-0.1, -0.05) is 25.1 Å². The van der Waals surface area contributed by atoms with E-state index in [2.05, 4.69) is 11.4 Å². The molecule has 0 bridgehead atoms. The summed E-state index contributed by atoms with van der Waals surface area (Å²) in [5, 5.41) is 2.77.